The van der Waals surface area contributed by atoms with Gasteiger partial charge in [0.2, 0.25) is 0 Å². The van der Waals surface area contributed by atoms with E-state index in [-0.39, 0.29) is 30.3 Å². The molecule has 0 saturated heterocycles. The standard InChI is InChI=1S/C24H20N4O4S/c29-22-12-11-20(27-28(22)13-14-32-19-8-2-1-3-9-19)23(30)25-17-6-4-7-18(16-17)26-24(31)21-10-5-15-33-21/h1-12,15-16H,13-14H2,(H,25,30)(H,26,31). The van der Waals surface area contributed by atoms with Gasteiger partial charge in [-0.2, -0.15) is 5.10 Å². The first-order valence-corrected chi connectivity index (χ1v) is 11.0. The fourth-order valence-corrected chi connectivity index (χ4v) is 3.59. The molecule has 0 bridgehead atoms. The number of carbonyl (C=O) groups is 2. The van der Waals surface area contributed by atoms with Crippen LogP contribution in [0.15, 0.2) is 89.0 Å². The van der Waals surface area contributed by atoms with Crippen LogP contribution in [-0.4, -0.2) is 28.2 Å². The second-order valence-corrected chi connectivity index (χ2v) is 7.86. The number of amides is 2. The summed E-state index contributed by atoms with van der Waals surface area (Å²) in [5.74, 6) is -0.0140. The molecule has 33 heavy (non-hydrogen) atoms. The van der Waals surface area contributed by atoms with Crippen LogP contribution in [0.3, 0.4) is 0 Å². The zero-order valence-electron chi connectivity index (χ0n) is 17.4. The van der Waals surface area contributed by atoms with E-state index in [0.717, 1.165) is 0 Å². The summed E-state index contributed by atoms with van der Waals surface area (Å²) in [5.41, 5.74) is 0.780. The Morgan fingerprint density at radius 1 is 0.879 bits per heavy atom. The van der Waals surface area contributed by atoms with Crippen LogP contribution in [0.4, 0.5) is 11.4 Å². The van der Waals surface area contributed by atoms with Crippen LogP contribution >= 0.6 is 11.3 Å². The first kappa shape index (κ1) is 22.0. The van der Waals surface area contributed by atoms with Crippen molar-refractivity contribution in [1.82, 2.24) is 9.78 Å². The zero-order valence-corrected chi connectivity index (χ0v) is 18.2. The van der Waals surface area contributed by atoms with Crippen molar-refractivity contribution in [3.63, 3.8) is 0 Å². The highest BCUT2D eigenvalue weighted by Crippen LogP contribution is 2.18. The number of anilines is 2. The minimum atomic E-state index is -0.477. The van der Waals surface area contributed by atoms with Gasteiger partial charge >= 0.3 is 0 Å². The molecule has 2 N–H and O–H groups in total. The van der Waals surface area contributed by atoms with Gasteiger partial charge in [0.05, 0.1) is 11.4 Å². The first-order valence-electron chi connectivity index (χ1n) is 10.1. The summed E-state index contributed by atoms with van der Waals surface area (Å²) in [4.78, 5) is 37.6. The summed E-state index contributed by atoms with van der Waals surface area (Å²) in [6.07, 6.45) is 0. The van der Waals surface area contributed by atoms with Crippen molar-refractivity contribution in [2.24, 2.45) is 0 Å². The van der Waals surface area contributed by atoms with E-state index in [9.17, 15) is 14.4 Å². The molecule has 2 aromatic carbocycles. The van der Waals surface area contributed by atoms with E-state index in [4.69, 9.17) is 4.74 Å². The van der Waals surface area contributed by atoms with E-state index < -0.39 is 5.91 Å². The summed E-state index contributed by atoms with van der Waals surface area (Å²) in [5, 5.41) is 11.5. The SMILES string of the molecule is O=C(Nc1cccc(NC(=O)c2cccs2)c1)c1ccc(=O)n(CCOc2ccccc2)n1. The smallest absolute Gasteiger partial charge is 0.276 e. The fraction of sp³-hybridized carbons (Fsp3) is 0.0833. The molecule has 0 unspecified atom stereocenters. The third-order valence-corrected chi connectivity index (χ3v) is 5.41. The molecule has 0 fully saturated rings. The lowest BCUT2D eigenvalue weighted by atomic mass is 10.2. The lowest BCUT2D eigenvalue weighted by Crippen LogP contribution is -2.28. The molecular weight excluding hydrogens is 440 g/mol. The van der Waals surface area contributed by atoms with Crippen molar-refractivity contribution in [2.75, 3.05) is 17.2 Å². The molecule has 0 aliphatic rings. The summed E-state index contributed by atoms with van der Waals surface area (Å²) in [7, 11) is 0. The molecule has 0 aliphatic carbocycles. The maximum Gasteiger partial charge on any atom is 0.276 e. The third-order valence-electron chi connectivity index (χ3n) is 4.54. The number of nitrogens with zero attached hydrogens (tertiary/aromatic N) is 2. The summed E-state index contributed by atoms with van der Waals surface area (Å²) in [6.45, 7) is 0.424. The summed E-state index contributed by atoms with van der Waals surface area (Å²) in [6, 6.07) is 22.2. The van der Waals surface area contributed by atoms with E-state index >= 15 is 0 Å². The number of nitrogens with one attached hydrogen (secondary N) is 2. The first-order chi connectivity index (χ1) is 16.1. The third kappa shape index (κ3) is 5.92. The Balaban J connectivity index is 1.39. The number of rotatable bonds is 8. The number of para-hydroxylation sites is 1. The quantitative estimate of drug-likeness (QED) is 0.415. The molecule has 0 spiro atoms. The van der Waals surface area contributed by atoms with Crippen LogP contribution in [0.25, 0.3) is 0 Å². The van der Waals surface area contributed by atoms with E-state index in [1.165, 1.54) is 28.2 Å². The lowest BCUT2D eigenvalue weighted by Gasteiger charge is -2.10. The van der Waals surface area contributed by atoms with E-state index in [1.54, 1.807) is 36.4 Å². The number of hydrogen-bond acceptors (Lipinski definition) is 6. The molecule has 0 aliphatic heterocycles. The Labute approximate surface area is 193 Å². The molecule has 8 nitrogen and oxygen atoms in total. The topological polar surface area (TPSA) is 102 Å². The molecular formula is C24H20N4O4S. The second-order valence-electron chi connectivity index (χ2n) is 6.91. The highest BCUT2D eigenvalue weighted by atomic mass is 32.1. The lowest BCUT2D eigenvalue weighted by molar-refractivity contribution is 0.101. The van der Waals surface area contributed by atoms with E-state index in [2.05, 4.69) is 15.7 Å². The number of aromatic nitrogens is 2. The number of thiophene rings is 1. The van der Waals surface area contributed by atoms with E-state index in [1.807, 2.05) is 35.7 Å². The highest BCUT2D eigenvalue weighted by Gasteiger charge is 2.12. The molecule has 0 radical (unpaired) electrons. The summed E-state index contributed by atoms with van der Waals surface area (Å²) < 4.78 is 6.79. The molecule has 9 heteroatoms. The Kier molecular flexibility index (Phi) is 6.91. The Hall–Kier alpha value is -4.24. The zero-order chi connectivity index (χ0) is 23.0. The second kappa shape index (κ2) is 10.4. The van der Waals surface area contributed by atoms with Crippen LogP contribution in [0.2, 0.25) is 0 Å². The normalized spacial score (nSPS) is 10.4. The molecule has 166 valence electrons. The Morgan fingerprint density at radius 2 is 1.64 bits per heavy atom. The van der Waals surface area contributed by atoms with Gasteiger partial charge in [-0.15, -0.1) is 11.3 Å². The van der Waals surface area contributed by atoms with Gasteiger partial charge in [-0.3, -0.25) is 14.4 Å². The Bertz CT molecular complexity index is 1300. The van der Waals surface area contributed by atoms with Crippen LogP contribution in [0.1, 0.15) is 20.2 Å². The minimum Gasteiger partial charge on any atom is -0.492 e. The van der Waals surface area contributed by atoms with Crippen molar-refractivity contribution in [3.8, 4) is 5.75 Å². The average molecular weight is 461 g/mol. The fourth-order valence-electron chi connectivity index (χ4n) is 2.97. The van der Waals surface area contributed by atoms with Crippen LogP contribution in [0.5, 0.6) is 5.75 Å². The maximum atomic E-state index is 12.7. The predicted molar refractivity (Wildman–Crippen MR) is 127 cm³/mol. The van der Waals surface area contributed by atoms with Crippen molar-refractivity contribution in [3.05, 3.63) is 105 Å². The van der Waals surface area contributed by atoms with Gasteiger partial charge < -0.3 is 15.4 Å². The predicted octanol–water partition coefficient (Wildman–Crippen LogP) is 3.89. The molecule has 0 atom stereocenters. The van der Waals surface area contributed by atoms with Crippen LogP contribution in [-0.2, 0) is 6.54 Å². The van der Waals surface area contributed by atoms with Crippen molar-refractivity contribution in [2.45, 2.75) is 6.54 Å². The van der Waals surface area contributed by atoms with Gasteiger partial charge in [0, 0.05) is 17.4 Å². The molecule has 2 amide bonds. The van der Waals surface area contributed by atoms with Crippen LogP contribution in [0, 0.1) is 0 Å². The average Bonchev–Trinajstić information content (AvgIpc) is 3.36. The van der Waals surface area contributed by atoms with Crippen molar-refractivity contribution in [1.29, 1.82) is 0 Å². The molecule has 0 saturated carbocycles. The number of carbonyl (C=O) groups excluding carboxylic acids is 2. The Morgan fingerprint density at radius 3 is 2.36 bits per heavy atom. The number of hydrogen-bond donors (Lipinski definition) is 2. The largest absolute Gasteiger partial charge is 0.492 e. The van der Waals surface area contributed by atoms with Gasteiger partial charge in [0.25, 0.3) is 17.4 Å². The van der Waals surface area contributed by atoms with Crippen molar-refractivity contribution < 1.29 is 14.3 Å². The van der Waals surface area contributed by atoms with Crippen LogP contribution < -0.4 is 20.9 Å². The van der Waals surface area contributed by atoms with Gasteiger partial charge in [-0.25, -0.2) is 4.68 Å². The van der Waals surface area contributed by atoms with Gasteiger partial charge in [0.15, 0.2) is 0 Å². The molecule has 4 rings (SSSR count). The minimum absolute atomic E-state index is 0.0855. The van der Waals surface area contributed by atoms with Gasteiger partial charge in [-0.05, 0) is 47.8 Å². The monoisotopic (exact) mass is 460 g/mol. The highest BCUT2D eigenvalue weighted by molar-refractivity contribution is 7.12. The maximum absolute atomic E-state index is 12.7. The number of benzene rings is 2. The molecule has 2 heterocycles. The van der Waals surface area contributed by atoms with Gasteiger partial charge in [0.1, 0.15) is 18.1 Å². The molecule has 2 aromatic heterocycles. The van der Waals surface area contributed by atoms with Crippen molar-refractivity contribution >= 4 is 34.5 Å². The summed E-state index contributed by atoms with van der Waals surface area (Å²) >= 11 is 1.34. The van der Waals surface area contributed by atoms with E-state index in [0.29, 0.717) is 22.0 Å². The van der Waals surface area contributed by atoms with Gasteiger partial charge in [-0.1, -0.05) is 30.3 Å². The molecule has 4 aromatic rings. The number of ether oxygens (including phenoxy) is 1.